The zero-order valence-corrected chi connectivity index (χ0v) is 39.3. The maximum absolute atomic E-state index is 12.1. The molecular weight excluding hydrogens is 884 g/mol. The van der Waals surface area contributed by atoms with Crippen LogP contribution < -0.4 is 0 Å². The summed E-state index contributed by atoms with van der Waals surface area (Å²) >= 11 is 0. The third-order valence-corrected chi connectivity index (χ3v) is 17.7. The first-order valence-electron chi connectivity index (χ1n) is 24.4. The zero-order chi connectivity index (χ0) is 48.7. The lowest BCUT2D eigenvalue weighted by atomic mass is 9.46. The molecule has 8 rings (SSSR count). The Balaban J connectivity index is 0.934. The summed E-state index contributed by atoms with van der Waals surface area (Å²) in [6, 6.07) is 0. The second-order valence-electron chi connectivity index (χ2n) is 21.7. The zero-order valence-electron chi connectivity index (χ0n) is 39.3. The third kappa shape index (κ3) is 9.31. The van der Waals surface area contributed by atoms with E-state index in [9.17, 15) is 61.0 Å². The van der Waals surface area contributed by atoms with Gasteiger partial charge in [0.2, 0.25) is 0 Å². The molecule has 0 aromatic carbocycles. The molecule has 8 aliphatic rings. The molecule has 4 aliphatic heterocycles. The molecule has 27 atom stereocenters. The van der Waals surface area contributed by atoms with Crippen LogP contribution in [-0.4, -0.2) is 198 Å². The van der Waals surface area contributed by atoms with Crippen LogP contribution in [0.3, 0.4) is 0 Å². The number of carbonyl (C=O) groups is 1. The van der Waals surface area contributed by atoms with Gasteiger partial charge in [0.1, 0.15) is 73.8 Å². The van der Waals surface area contributed by atoms with Crippen molar-refractivity contribution in [1.29, 1.82) is 0 Å². The second kappa shape index (κ2) is 19.8. The van der Waals surface area contributed by atoms with Crippen LogP contribution in [0, 0.1) is 46.3 Å². The number of allylic oxidation sites excluding steroid dienone is 1. The molecule has 0 aromatic heterocycles. The van der Waals surface area contributed by atoms with Gasteiger partial charge in [-0.25, -0.2) is 0 Å². The Bertz CT molecular complexity index is 1750. The molecule has 4 aliphatic carbocycles. The van der Waals surface area contributed by atoms with E-state index >= 15 is 0 Å². The topological polar surface area (TPSA) is 313 Å². The van der Waals surface area contributed by atoms with E-state index < -0.39 is 135 Å². The third-order valence-electron chi connectivity index (χ3n) is 17.7. The van der Waals surface area contributed by atoms with E-state index in [4.69, 9.17) is 37.9 Å². The van der Waals surface area contributed by atoms with Crippen molar-refractivity contribution in [3.8, 4) is 0 Å². The Kier molecular flexibility index (Phi) is 15.3. The average Bonchev–Trinajstić information content (AvgIpc) is 3.72. The molecule has 0 aromatic rings. The van der Waals surface area contributed by atoms with Gasteiger partial charge in [-0.3, -0.25) is 4.79 Å². The number of hydrogen-bond acceptors (Lipinski definition) is 20. The number of fused-ring (bicyclic) bond motifs is 7. The van der Waals surface area contributed by atoms with E-state index in [0.29, 0.717) is 19.3 Å². The quantitative estimate of drug-likeness (QED) is 0.0756. The molecule has 11 N–H and O–H groups in total. The van der Waals surface area contributed by atoms with Crippen molar-refractivity contribution in [3.05, 3.63) is 11.6 Å². The highest BCUT2D eigenvalue weighted by Crippen LogP contribution is 2.70. The van der Waals surface area contributed by atoms with Gasteiger partial charge in [-0.1, -0.05) is 39.3 Å². The molecule has 67 heavy (non-hydrogen) atoms. The summed E-state index contributed by atoms with van der Waals surface area (Å²) < 4.78 is 47.8. The highest BCUT2D eigenvalue weighted by Gasteiger charge is 2.69. The van der Waals surface area contributed by atoms with Crippen LogP contribution in [0.5, 0.6) is 0 Å². The molecule has 20 heteroatoms. The van der Waals surface area contributed by atoms with Crippen LogP contribution in [0.25, 0.3) is 0 Å². The molecule has 4 heterocycles. The van der Waals surface area contributed by atoms with Crippen LogP contribution >= 0.6 is 0 Å². The van der Waals surface area contributed by atoms with Crippen LogP contribution in [0.1, 0.15) is 92.9 Å². The summed E-state index contributed by atoms with van der Waals surface area (Å²) in [5.41, 5.74) is 0.291. The second-order valence-corrected chi connectivity index (χ2v) is 21.7. The highest BCUT2D eigenvalue weighted by atomic mass is 16.7. The Morgan fingerprint density at radius 2 is 1.48 bits per heavy atom. The minimum atomic E-state index is -1.72. The average molecular weight is 961 g/mol. The first kappa shape index (κ1) is 51.8. The van der Waals surface area contributed by atoms with E-state index in [2.05, 4.69) is 26.8 Å². The van der Waals surface area contributed by atoms with Gasteiger partial charge >= 0.3 is 5.97 Å². The molecule has 0 bridgehead atoms. The predicted molar refractivity (Wildman–Crippen MR) is 228 cm³/mol. The van der Waals surface area contributed by atoms with E-state index in [0.717, 1.165) is 31.3 Å². The van der Waals surface area contributed by atoms with Crippen molar-refractivity contribution in [2.75, 3.05) is 19.8 Å². The number of aliphatic hydroxyl groups excluding tert-OH is 10. The SMILES string of the molecule is CC(=O)OC[C@H]1O[C@@H](O[C@@H]2C[C@H](O)CC3=CC[C@H]4[C@@H]5C[C@@H]6O[C@](O)(CC[C@H](C)CO[C@@H]7O[C@H](CO)[C@@H](O)[C@H](O)[C@H]7O)[C@@H](C)[C@@H]6[C@@]5(C)CC[C@@H]4[C@]32C)[C@H](O)[C@@H](O)[C@@H]1O[C@@H]1O[C@@H](C)[C@H](O)[C@@H](O)[C@H]1O. The summed E-state index contributed by atoms with van der Waals surface area (Å²) in [5, 5.41) is 118. The number of hydrogen-bond donors (Lipinski definition) is 11. The number of esters is 1. The highest BCUT2D eigenvalue weighted by molar-refractivity contribution is 5.65. The molecule has 7 fully saturated rings. The Hall–Kier alpha value is -1.51. The minimum absolute atomic E-state index is 0.0794. The van der Waals surface area contributed by atoms with Crippen LogP contribution in [0.2, 0.25) is 0 Å². The van der Waals surface area contributed by atoms with Crippen molar-refractivity contribution < 1.29 is 98.9 Å². The number of carbonyl (C=O) groups excluding carboxylic acids is 1. The fourth-order valence-electron chi connectivity index (χ4n) is 13.8. The van der Waals surface area contributed by atoms with Gasteiger partial charge < -0.3 is 94.1 Å². The van der Waals surface area contributed by atoms with Gasteiger partial charge in [-0.15, -0.1) is 0 Å². The van der Waals surface area contributed by atoms with Crippen molar-refractivity contribution in [2.24, 2.45) is 46.3 Å². The van der Waals surface area contributed by atoms with Gasteiger partial charge in [0, 0.05) is 31.1 Å². The fraction of sp³-hybridized carbons (Fsp3) is 0.936. The standard InChI is InChI=1S/C47H76O20/c1-19(17-61-42-38(56)36(54)34(52)29(16-48)63-42)9-12-47(59)20(2)32-28(67-47)15-27-25-8-7-23-13-24(50)14-31(46(23,6)26(25)10-11-45(27,32)5)65-44-40(58)37(55)41(30(64-44)18-60-22(4)49)66-43-39(57)35(53)33(51)21(3)62-43/h7,19-21,24-44,48,50-59H,8-18H2,1-6H3/t19-,20-,21-,24+,25+,26-,27-,28-,29+,30+,31+,32-,33-,34+,35+,36-,37+,38+,39+,40+,41+,42+,43-,44-,45-,46-,47+/m0/s1. The first-order valence-corrected chi connectivity index (χ1v) is 24.4. The van der Waals surface area contributed by atoms with Crippen molar-refractivity contribution >= 4 is 5.97 Å². The summed E-state index contributed by atoms with van der Waals surface area (Å²) in [4.78, 5) is 12.0. The number of rotatable bonds is 13. The summed E-state index contributed by atoms with van der Waals surface area (Å²) in [5.74, 6) is -1.68. The first-order chi connectivity index (χ1) is 31.5. The van der Waals surface area contributed by atoms with Crippen LogP contribution in [0.4, 0.5) is 0 Å². The van der Waals surface area contributed by atoms with Gasteiger partial charge in [0.05, 0.1) is 37.6 Å². The lowest BCUT2D eigenvalue weighted by Crippen LogP contribution is -2.65. The molecule has 20 nitrogen and oxygen atoms in total. The van der Waals surface area contributed by atoms with Crippen molar-refractivity contribution in [3.63, 3.8) is 0 Å². The van der Waals surface area contributed by atoms with Crippen LogP contribution in [-0.2, 0) is 42.7 Å². The molecular formula is C47H76O20. The normalized spacial score (nSPS) is 53.4. The molecule has 384 valence electrons. The van der Waals surface area contributed by atoms with E-state index in [-0.39, 0.29) is 60.1 Å². The summed E-state index contributed by atoms with van der Waals surface area (Å²) in [6.45, 7) is 10.3. The summed E-state index contributed by atoms with van der Waals surface area (Å²) in [7, 11) is 0. The van der Waals surface area contributed by atoms with E-state index in [1.165, 1.54) is 13.8 Å². The smallest absolute Gasteiger partial charge is 0.302 e. The lowest BCUT2D eigenvalue weighted by molar-refractivity contribution is -0.365. The van der Waals surface area contributed by atoms with Crippen LogP contribution in [0.15, 0.2) is 11.6 Å². The molecule has 4 saturated heterocycles. The molecule has 0 unspecified atom stereocenters. The Labute approximate surface area is 391 Å². The largest absolute Gasteiger partial charge is 0.463 e. The maximum Gasteiger partial charge on any atom is 0.302 e. The molecule has 0 spiro atoms. The van der Waals surface area contributed by atoms with Gasteiger partial charge in [0.15, 0.2) is 24.7 Å². The summed E-state index contributed by atoms with van der Waals surface area (Å²) in [6.07, 6.45) is -16.2. The lowest BCUT2D eigenvalue weighted by Gasteiger charge is -2.60. The van der Waals surface area contributed by atoms with Crippen molar-refractivity contribution in [2.45, 2.75) is 209 Å². The van der Waals surface area contributed by atoms with Gasteiger partial charge in [-0.2, -0.15) is 0 Å². The molecule has 0 amide bonds. The van der Waals surface area contributed by atoms with Gasteiger partial charge in [-0.05, 0) is 80.5 Å². The Morgan fingerprint density at radius 3 is 2.18 bits per heavy atom. The number of ether oxygens (including phenoxy) is 8. The Morgan fingerprint density at radius 1 is 0.821 bits per heavy atom. The number of aliphatic hydroxyl groups is 11. The minimum Gasteiger partial charge on any atom is -0.463 e. The van der Waals surface area contributed by atoms with E-state index in [1.54, 1.807) is 0 Å². The predicted octanol–water partition coefficient (Wildman–Crippen LogP) is -1.29. The molecule has 0 radical (unpaired) electrons. The maximum atomic E-state index is 12.1. The molecule has 3 saturated carbocycles. The van der Waals surface area contributed by atoms with Gasteiger partial charge in [0.25, 0.3) is 0 Å². The van der Waals surface area contributed by atoms with E-state index in [1.807, 2.05) is 6.92 Å². The monoisotopic (exact) mass is 960 g/mol. The fourth-order valence-corrected chi connectivity index (χ4v) is 13.8. The van der Waals surface area contributed by atoms with Crippen molar-refractivity contribution in [1.82, 2.24) is 0 Å².